The summed E-state index contributed by atoms with van der Waals surface area (Å²) in [4.78, 5) is 27.9. The molecule has 0 saturated carbocycles. The molecule has 2 aromatic carbocycles. The van der Waals surface area contributed by atoms with Crippen molar-refractivity contribution in [1.82, 2.24) is 4.90 Å². The van der Waals surface area contributed by atoms with E-state index in [1.807, 2.05) is 83.1 Å². The highest BCUT2D eigenvalue weighted by Crippen LogP contribution is 2.31. The third-order valence-electron chi connectivity index (χ3n) is 4.95. The summed E-state index contributed by atoms with van der Waals surface area (Å²) < 4.78 is 11.3. The number of benzene rings is 2. The van der Waals surface area contributed by atoms with Gasteiger partial charge in [-0.1, -0.05) is 24.3 Å². The van der Waals surface area contributed by atoms with E-state index in [1.165, 1.54) is 4.90 Å². The van der Waals surface area contributed by atoms with Crippen LogP contribution >= 0.6 is 0 Å². The lowest BCUT2D eigenvalue weighted by atomic mass is 10.0. The number of nitrogens with one attached hydrogen (secondary N) is 1. The molecule has 0 fully saturated rings. The monoisotopic (exact) mass is 436 g/mol. The van der Waals surface area contributed by atoms with E-state index >= 15 is 0 Å². The van der Waals surface area contributed by atoms with Crippen LogP contribution in [0.2, 0.25) is 0 Å². The Morgan fingerprint density at radius 3 is 2.28 bits per heavy atom. The fraction of sp³-hybridized carbons (Fsp3) is 0.385. The van der Waals surface area contributed by atoms with Gasteiger partial charge in [-0.3, -0.25) is 14.5 Å². The van der Waals surface area contributed by atoms with Gasteiger partial charge in [-0.25, -0.2) is 0 Å². The van der Waals surface area contributed by atoms with Crippen molar-refractivity contribution in [3.63, 3.8) is 0 Å². The molecule has 1 N–H and O–H groups in total. The molecule has 2 amide bonds. The molecule has 32 heavy (non-hydrogen) atoms. The van der Waals surface area contributed by atoms with Crippen LogP contribution in [0.25, 0.3) is 5.57 Å². The number of hydrogen-bond donors (Lipinski definition) is 1. The van der Waals surface area contributed by atoms with Gasteiger partial charge in [0, 0.05) is 18.8 Å². The summed E-state index contributed by atoms with van der Waals surface area (Å²) in [6, 6.07) is 15.0. The Kier molecular flexibility index (Phi) is 7.70. The Morgan fingerprint density at radius 1 is 0.938 bits per heavy atom. The largest absolute Gasteiger partial charge is 0.491 e. The van der Waals surface area contributed by atoms with E-state index in [0.29, 0.717) is 36.4 Å². The van der Waals surface area contributed by atoms with Gasteiger partial charge in [-0.05, 0) is 76.4 Å². The van der Waals surface area contributed by atoms with Crippen molar-refractivity contribution in [2.24, 2.45) is 0 Å². The molecule has 0 atom stereocenters. The SMILES string of the molecule is Cc1cccc(NC2=C(c3ccc(OC(C)C)cc3)C(=O)N(CCCOC(C)C)C2=O)c1. The number of nitrogens with zero attached hydrogens (tertiary/aromatic N) is 1. The molecule has 0 radical (unpaired) electrons. The standard InChI is InChI=1S/C26H32N2O4/c1-17(2)31-15-7-14-28-25(29)23(20-10-12-22(13-11-20)32-18(3)4)24(26(28)30)27-21-9-6-8-19(5)16-21/h6,8-13,16-18,27H,7,14-15H2,1-5H3. The summed E-state index contributed by atoms with van der Waals surface area (Å²) in [6.45, 7) is 10.6. The van der Waals surface area contributed by atoms with E-state index in [-0.39, 0.29) is 24.0 Å². The first-order valence-electron chi connectivity index (χ1n) is 11.1. The minimum absolute atomic E-state index is 0.0526. The number of anilines is 1. The average Bonchev–Trinajstić information content (AvgIpc) is 2.95. The Morgan fingerprint density at radius 2 is 1.66 bits per heavy atom. The molecule has 0 unspecified atom stereocenters. The molecule has 1 aliphatic heterocycles. The third-order valence-corrected chi connectivity index (χ3v) is 4.95. The van der Waals surface area contributed by atoms with E-state index in [4.69, 9.17) is 9.47 Å². The van der Waals surface area contributed by atoms with Gasteiger partial charge >= 0.3 is 0 Å². The molecule has 1 aliphatic rings. The highest BCUT2D eigenvalue weighted by atomic mass is 16.5. The van der Waals surface area contributed by atoms with Crippen molar-refractivity contribution in [2.45, 2.75) is 53.2 Å². The molecule has 0 aliphatic carbocycles. The summed E-state index contributed by atoms with van der Waals surface area (Å²) in [5.41, 5.74) is 3.17. The summed E-state index contributed by atoms with van der Waals surface area (Å²) in [5, 5.41) is 3.20. The lowest BCUT2D eigenvalue weighted by molar-refractivity contribution is -0.137. The van der Waals surface area contributed by atoms with Gasteiger partial charge in [0.15, 0.2) is 0 Å². The predicted molar refractivity (Wildman–Crippen MR) is 126 cm³/mol. The number of aryl methyl sites for hydroxylation is 1. The highest BCUT2D eigenvalue weighted by molar-refractivity contribution is 6.36. The lowest BCUT2D eigenvalue weighted by Gasteiger charge is -2.16. The number of carbonyl (C=O) groups is 2. The number of rotatable bonds is 10. The molecule has 0 aromatic heterocycles. The zero-order chi connectivity index (χ0) is 23.3. The highest BCUT2D eigenvalue weighted by Gasteiger charge is 2.38. The van der Waals surface area contributed by atoms with Crippen LogP contribution in [-0.4, -0.2) is 42.1 Å². The van der Waals surface area contributed by atoms with Crippen LogP contribution in [0.3, 0.4) is 0 Å². The van der Waals surface area contributed by atoms with Crippen LogP contribution in [0.15, 0.2) is 54.2 Å². The summed E-state index contributed by atoms with van der Waals surface area (Å²) in [6.07, 6.45) is 0.748. The minimum Gasteiger partial charge on any atom is -0.491 e. The third kappa shape index (κ3) is 5.77. The van der Waals surface area contributed by atoms with Crippen LogP contribution in [0.4, 0.5) is 5.69 Å². The van der Waals surface area contributed by atoms with Crippen LogP contribution < -0.4 is 10.1 Å². The first kappa shape index (κ1) is 23.5. The number of hydrogen-bond acceptors (Lipinski definition) is 5. The molecule has 3 rings (SSSR count). The lowest BCUT2D eigenvalue weighted by Crippen LogP contribution is -2.34. The van der Waals surface area contributed by atoms with Gasteiger partial charge in [0.25, 0.3) is 11.8 Å². The maximum atomic E-state index is 13.3. The first-order valence-corrected chi connectivity index (χ1v) is 11.1. The van der Waals surface area contributed by atoms with E-state index in [0.717, 1.165) is 17.0 Å². The van der Waals surface area contributed by atoms with E-state index in [1.54, 1.807) is 0 Å². The van der Waals surface area contributed by atoms with Crippen molar-refractivity contribution in [3.8, 4) is 5.75 Å². The first-order chi connectivity index (χ1) is 15.3. The van der Waals surface area contributed by atoms with Crippen molar-refractivity contribution < 1.29 is 19.1 Å². The Balaban J connectivity index is 1.90. The van der Waals surface area contributed by atoms with Crippen molar-refractivity contribution in [2.75, 3.05) is 18.5 Å². The molecule has 0 bridgehead atoms. The fourth-order valence-corrected chi connectivity index (χ4v) is 3.54. The fourth-order valence-electron chi connectivity index (χ4n) is 3.54. The van der Waals surface area contributed by atoms with Gasteiger partial charge in [-0.15, -0.1) is 0 Å². The second-order valence-corrected chi connectivity index (χ2v) is 8.47. The molecular formula is C26H32N2O4. The molecule has 0 spiro atoms. The maximum absolute atomic E-state index is 13.3. The van der Waals surface area contributed by atoms with Crippen molar-refractivity contribution in [1.29, 1.82) is 0 Å². The Hall–Kier alpha value is -3.12. The summed E-state index contributed by atoms with van der Waals surface area (Å²) in [5.74, 6) is 0.0998. The number of ether oxygens (including phenoxy) is 2. The molecule has 1 heterocycles. The molecule has 2 aromatic rings. The Labute approximate surface area is 190 Å². The number of carbonyl (C=O) groups excluding carboxylic acids is 2. The quantitative estimate of drug-likeness (QED) is 0.428. The second kappa shape index (κ2) is 10.5. The minimum atomic E-state index is -0.321. The van der Waals surface area contributed by atoms with Gasteiger partial charge < -0.3 is 14.8 Å². The van der Waals surface area contributed by atoms with E-state index in [9.17, 15) is 9.59 Å². The molecule has 6 heteroatoms. The van der Waals surface area contributed by atoms with Gasteiger partial charge in [0.1, 0.15) is 11.4 Å². The number of imide groups is 1. The zero-order valence-corrected chi connectivity index (χ0v) is 19.5. The Bertz CT molecular complexity index is 993. The van der Waals surface area contributed by atoms with Gasteiger partial charge in [-0.2, -0.15) is 0 Å². The molecule has 0 saturated heterocycles. The smallest absolute Gasteiger partial charge is 0.278 e. The van der Waals surface area contributed by atoms with Crippen molar-refractivity contribution >= 4 is 23.1 Å². The maximum Gasteiger partial charge on any atom is 0.278 e. The van der Waals surface area contributed by atoms with Gasteiger partial charge in [0.2, 0.25) is 0 Å². The van der Waals surface area contributed by atoms with E-state index in [2.05, 4.69) is 5.32 Å². The summed E-state index contributed by atoms with van der Waals surface area (Å²) >= 11 is 0. The van der Waals surface area contributed by atoms with Gasteiger partial charge in [0.05, 0.1) is 17.8 Å². The van der Waals surface area contributed by atoms with Crippen LogP contribution in [0, 0.1) is 6.92 Å². The normalized spacial score (nSPS) is 14.2. The number of amides is 2. The molecular weight excluding hydrogens is 404 g/mol. The van der Waals surface area contributed by atoms with Crippen LogP contribution in [0.1, 0.15) is 45.2 Å². The van der Waals surface area contributed by atoms with Crippen molar-refractivity contribution in [3.05, 3.63) is 65.4 Å². The van der Waals surface area contributed by atoms with E-state index < -0.39 is 0 Å². The summed E-state index contributed by atoms with van der Waals surface area (Å²) in [7, 11) is 0. The predicted octanol–water partition coefficient (Wildman–Crippen LogP) is 4.79. The topological polar surface area (TPSA) is 67.9 Å². The molecule has 170 valence electrons. The van der Waals surface area contributed by atoms with Crippen LogP contribution in [0.5, 0.6) is 5.75 Å². The zero-order valence-electron chi connectivity index (χ0n) is 19.5. The molecule has 6 nitrogen and oxygen atoms in total. The second-order valence-electron chi connectivity index (χ2n) is 8.47. The van der Waals surface area contributed by atoms with Crippen LogP contribution in [-0.2, 0) is 14.3 Å². The average molecular weight is 437 g/mol.